The van der Waals surface area contributed by atoms with Crippen LogP contribution in [0, 0.1) is 6.92 Å². The number of ether oxygens (including phenoxy) is 1. The highest BCUT2D eigenvalue weighted by atomic mass is 35.5. The molecule has 0 radical (unpaired) electrons. The minimum absolute atomic E-state index is 0.0509. The van der Waals surface area contributed by atoms with Crippen LogP contribution in [0.5, 0.6) is 5.75 Å². The van der Waals surface area contributed by atoms with Gasteiger partial charge in [0.1, 0.15) is 5.75 Å². The van der Waals surface area contributed by atoms with Gasteiger partial charge in [0.15, 0.2) is 0 Å². The Hall–Kier alpha value is -2.79. The van der Waals surface area contributed by atoms with Gasteiger partial charge in [0.05, 0.1) is 29.3 Å². The quantitative estimate of drug-likeness (QED) is 0.570. The van der Waals surface area contributed by atoms with Crippen molar-refractivity contribution in [2.75, 3.05) is 12.4 Å². The van der Waals surface area contributed by atoms with Crippen LogP contribution in [-0.2, 0) is 0 Å². The molecule has 1 aromatic heterocycles. The largest absolute Gasteiger partial charge is 0.495 e. The highest BCUT2D eigenvalue weighted by molar-refractivity contribution is 6.32. The zero-order valence-electron chi connectivity index (χ0n) is 16.3. The standard InChI is InChI=1S/C22H24ClN3O2/c1-4-6-18(14-9-10-19(28-3)17(23)11-14)26-20-13(2)12-25-21-15(20)7-5-8-16(21)22(24)27/h5,7-12,18H,4,6H2,1-3H3,(H2,24,27)(H,25,26)/t18-/m1/s1. The molecule has 0 spiro atoms. The average Bonchev–Trinajstić information content (AvgIpc) is 2.68. The van der Waals surface area contributed by atoms with Gasteiger partial charge in [-0.3, -0.25) is 9.78 Å². The molecule has 6 heteroatoms. The van der Waals surface area contributed by atoms with Gasteiger partial charge in [0.25, 0.3) is 5.91 Å². The maximum absolute atomic E-state index is 11.8. The van der Waals surface area contributed by atoms with E-state index in [-0.39, 0.29) is 6.04 Å². The van der Waals surface area contributed by atoms with Crippen molar-refractivity contribution in [3.05, 3.63) is 64.3 Å². The number of methoxy groups -OCH3 is 1. The molecule has 1 heterocycles. The maximum atomic E-state index is 11.8. The van der Waals surface area contributed by atoms with Crippen LogP contribution in [0.3, 0.4) is 0 Å². The van der Waals surface area contributed by atoms with Gasteiger partial charge in [-0.05, 0) is 42.7 Å². The fraction of sp³-hybridized carbons (Fsp3) is 0.273. The van der Waals surface area contributed by atoms with E-state index < -0.39 is 5.91 Å². The SMILES string of the molecule is CCC[C@@H](Nc1c(C)cnc2c(C(N)=O)cccc12)c1ccc(OC)c(Cl)c1. The van der Waals surface area contributed by atoms with Gasteiger partial charge >= 0.3 is 0 Å². The van der Waals surface area contributed by atoms with Crippen LogP contribution in [0.2, 0.25) is 5.02 Å². The van der Waals surface area contributed by atoms with Crippen LogP contribution in [0.15, 0.2) is 42.6 Å². The van der Waals surface area contributed by atoms with Crippen molar-refractivity contribution in [1.29, 1.82) is 0 Å². The first-order valence-electron chi connectivity index (χ1n) is 9.24. The predicted molar refractivity (Wildman–Crippen MR) is 114 cm³/mol. The summed E-state index contributed by atoms with van der Waals surface area (Å²) in [7, 11) is 1.60. The molecule has 3 N–H and O–H groups in total. The Morgan fingerprint density at radius 3 is 2.75 bits per heavy atom. The van der Waals surface area contributed by atoms with Crippen molar-refractivity contribution in [3.63, 3.8) is 0 Å². The van der Waals surface area contributed by atoms with Crippen molar-refractivity contribution in [1.82, 2.24) is 4.98 Å². The number of aromatic nitrogens is 1. The molecular formula is C22H24ClN3O2. The van der Waals surface area contributed by atoms with E-state index in [1.807, 2.05) is 37.3 Å². The minimum atomic E-state index is -0.486. The van der Waals surface area contributed by atoms with E-state index in [9.17, 15) is 4.79 Å². The topological polar surface area (TPSA) is 77.2 Å². The summed E-state index contributed by atoms with van der Waals surface area (Å²) in [5, 5.41) is 5.10. The second kappa shape index (κ2) is 8.48. The van der Waals surface area contributed by atoms with Crippen molar-refractivity contribution in [3.8, 4) is 5.75 Å². The predicted octanol–water partition coefficient (Wildman–Crippen LogP) is 5.26. The molecule has 146 valence electrons. The molecule has 0 bridgehead atoms. The van der Waals surface area contributed by atoms with Gasteiger partial charge < -0.3 is 15.8 Å². The van der Waals surface area contributed by atoms with Crippen LogP contribution < -0.4 is 15.8 Å². The van der Waals surface area contributed by atoms with E-state index in [4.69, 9.17) is 22.1 Å². The third-order valence-corrected chi connectivity index (χ3v) is 5.12. The lowest BCUT2D eigenvalue weighted by atomic mass is 9.99. The third kappa shape index (κ3) is 3.90. The van der Waals surface area contributed by atoms with Crippen LogP contribution in [0.25, 0.3) is 10.9 Å². The van der Waals surface area contributed by atoms with E-state index in [2.05, 4.69) is 17.2 Å². The Morgan fingerprint density at radius 2 is 2.11 bits per heavy atom. The van der Waals surface area contributed by atoms with Gasteiger partial charge in [0.2, 0.25) is 0 Å². The molecule has 0 saturated carbocycles. The lowest BCUT2D eigenvalue weighted by molar-refractivity contribution is 0.100. The zero-order chi connectivity index (χ0) is 20.3. The summed E-state index contributed by atoms with van der Waals surface area (Å²) in [6, 6.07) is 11.4. The number of anilines is 1. The van der Waals surface area contributed by atoms with Crippen LogP contribution in [0.4, 0.5) is 5.69 Å². The second-order valence-corrected chi connectivity index (χ2v) is 7.17. The second-order valence-electron chi connectivity index (χ2n) is 6.76. The summed E-state index contributed by atoms with van der Waals surface area (Å²) in [5.74, 6) is 0.164. The zero-order valence-corrected chi connectivity index (χ0v) is 17.0. The van der Waals surface area contributed by atoms with Crippen molar-refractivity contribution in [2.45, 2.75) is 32.7 Å². The van der Waals surface area contributed by atoms with E-state index in [0.29, 0.717) is 21.9 Å². The molecule has 0 aliphatic heterocycles. The van der Waals surface area contributed by atoms with Crippen LogP contribution >= 0.6 is 11.6 Å². The fourth-order valence-electron chi connectivity index (χ4n) is 3.40. The molecule has 3 aromatic rings. The maximum Gasteiger partial charge on any atom is 0.250 e. The summed E-state index contributed by atoms with van der Waals surface area (Å²) in [6.07, 6.45) is 3.68. The smallest absolute Gasteiger partial charge is 0.250 e. The van der Waals surface area contributed by atoms with E-state index in [1.165, 1.54) is 0 Å². The van der Waals surface area contributed by atoms with E-state index >= 15 is 0 Å². The Labute approximate surface area is 169 Å². The molecule has 0 unspecified atom stereocenters. The van der Waals surface area contributed by atoms with Gasteiger partial charge in [-0.15, -0.1) is 0 Å². The van der Waals surface area contributed by atoms with Crippen LogP contribution in [0.1, 0.15) is 47.3 Å². The lowest BCUT2D eigenvalue weighted by Gasteiger charge is -2.23. The number of carbonyl (C=O) groups excluding carboxylic acids is 1. The van der Waals surface area contributed by atoms with Crippen LogP contribution in [-0.4, -0.2) is 18.0 Å². The Kier molecular flexibility index (Phi) is 6.05. The third-order valence-electron chi connectivity index (χ3n) is 4.83. The molecule has 0 saturated heterocycles. The van der Waals surface area contributed by atoms with Gasteiger partial charge in [-0.1, -0.05) is 43.1 Å². The fourth-order valence-corrected chi connectivity index (χ4v) is 3.66. The first-order chi connectivity index (χ1) is 13.5. The molecule has 2 aromatic carbocycles. The van der Waals surface area contributed by atoms with Crippen molar-refractivity contribution < 1.29 is 9.53 Å². The first-order valence-corrected chi connectivity index (χ1v) is 9.62. The number of hydrogen-bond acceptors (Lipinski definition) is 4. The molecule has 3 rings (SSSR count). The molecule has 1 amide bonds. The first kappa shape index (κ1) is 20.0. The number of carbonyl (C=O) groups is 1. The van der Waals surface area contributed by atoms with E-state index in [1.54, 1.807) is 19.4 Å². The Morgan fingerprint density at radius 1 is 1.32 bits per heavy atom. The molecule has 0 aliphatic carbocycles. The molecule has 0 fully saturated rings. The highest BCUT2D eigenvalue weighted by Gasteiger charge is 2.17. The number of amides is 1. The van der Waals surface area contributed by atoms with Gasteiger partial charge in [-0.2, -0.15) is 0 Å². The molecule has 5 nitrogen and oxygen atoms in total. The van der Waals surface area contributed by atoms with Gasteiger partial charge in [-0.25, -0.2) is 0 Å². The highest BCUT2D eigenvalue weighted by Crippen LogP contribution is 2.34. The molecule has 1 atom stereocenters. The number of fused-ring (bicyclic) bond motifs is 1. The molecular weight excluding hydrogens is 374 g/mol. The monoisotopic (exact) mass is 397 g/mol. The number of aryl methyl sites for hydroxylation is 1. The molecule has 0 aliphatic rings. The summed E-state index contributed by atoms with van der Waals surface area (Å²) in [5.41, 5.74) is 9.56. The molecule has 28 heavy (non-hydrogen) atoms. The minimum Gasteiger partial charge on any atom is -0.495 e. The number of nitrogens with two attached hydrogens (primary N) is 1. The number of hydrogen-bond donors (Lipinski definition) is 2. The summed E-state index contributed by atoms with van der Waals surface area (Å²) >= 11 is 6.34. The van der Waals surface area contributed by atoms with Crippen molar-refractivity contribution >= 4 is 34.1 Å². The normalized spacial score (nSPS) is 12.0. The van der Waals surface area contributed by atoms with Gasteiger partial charge in [0, 0.05) is 17.3 Å². The number of pyridine rings is 1. The van der Waals surface area contributed by atoms with E-state index in [0.717, 1.165) is 35.0 Å². The summed E-state index contributed by atoms with van der Waals surface area (Å²) < 4.78 is 5.27. The number of para-hydroxylation sites is 1. The lowest BCUT2D eigenvalue weighted by Crippen LogP contribution is -2.14. The number of rotatable bonds is 7. The Bertz CT molecular complexity index is 1020. The average molecular weight is 398 g/mol. The number of benzene rings is 2. The number of nitrogens with zero attached hydrogens (tertiary/aromatic N) is 1. The number of halogens is 1. The van der Waals surface area contributed by atoms with Crippen molar-refractivity contribution in [2.24, 2.45) is 5.73 Å². The Balaban J connectivity index is 2.07. The number of nitrogens with one attached hydrogen (secondary N) is 1. The summed E-state index contributed by atoms with van der Waals surface area (Å²) in [4.78, 5) is 16.2. The number of primary amides is 1. The summed E-state index contributed by atoms with van der Waals surface area (Å²) in [6.45, 7) is 4.14.